The molecule has 0 saturated heterocycles. The van der Waals surface area contributed by atoms with Crippen molar-refractivity contribution in [2.75, 3.05) is 5.32 Å². The molecular formula is C16H14Cl2N2O2S. The van der Waals surface area contributed by atoms with Crippen LogP contribution in [0.3, 0.4) is 0 Å². The number of anilines is 1. The second kappa shape index (κ2) is 6.79. The Kier molecular flexibility index (Phi) is 5.20. The molecule has 0 aliphatic carbocycles. The van der Waals surface area contributed by atoms with Crippen molar-refractivity contribution in [3.05, 3.63) is 39.2 Å². The number of carbonyl (C=O) groups excluding carboxylic acids is 1. The molecular weight excluding hydrogens is 355 g/mol. The number of amides is 1. The van der Waals surface area contributed by atoms with Crippen molar-refractivity contribution in [3.63, 3.8) is 0 Å². The fraction of sp³-hybridized carbons (Fsp3) is 0.250. The van der Waals surface area contributed by atoms with Crippen LogP contribution in [0, 0.1) is 11.3 Å². The maximum atomic E-state index is 11.9. The molecule has 1 aromatic carbocycles. The minimum absolute atomic E-state index is 0.324. The Labute approximate surface area is 148 Å². The maximum Gasteiger partial charge on any atom is 0.412 e. The van der Waals surface area contributed by atoms with Crippen molar-refractivity contribution in [2.45, 2.75) is 26.4 Å². The maximum absolute atomic E-state index is 11.9. The molecule has 7 heteroatoms. The normalized spacial score (nSPS) is 11.0. The minimum atomic E-state index is -0.618. The van der Waals surface area contributed by atoms with Gasteiger partial charge in [0.2, 0.25) is 0 Å². The first-order valence-corrected chi connectivity index (χ1v) is 8.32. The van der Waals surface area contributed by atoms with E-state index < -0.39 is 11.7 Å². The molecule has 1 N–H and O–H groups in total. The van der Waals surface area contributed by atoms with Crippen LogP contribution >= 0.6 is 34.5 Å². The molecule has 0 aliphatic rings. The number of benzene rings is 1. The number of ether oxygens (including phenoxy) is 1. The van der Waals surface area contributed by atoms with Gasteiger partial charge >= 0.3 is 6.09 Å². The largest absolute Gasteiger partial charge is 0.444 e. The summed E-state index contributed by atoms with van der Waals surface area (Å²) in [7, 11) is 0. The van der Waals surface area contributed by atoms with Gasteiger partial charge in [-0.25, -0.2) is 4.79 Å². The average Bonchev–Trinajstić information content (AvgIpc) is 2.81. The molecule has 0 spiro atoms. The van der Waals surface area contributed by atoms with Crippen molar-refractivity contribution < 1.29 is 9.53 Å². The number of rotatable bonds is 2. The lowest BCUT2D eigenvalue weighted by molar-refractivity contribution is 0.0636. The van der Waals surface area contributed by atoms with Gasteiger partial charge in [0, 0.05) is 26.6 Å². The second-order valence-corrected chi connectivity index (χ2v) is 7.44. The van der Waals surface area contributed by atoms with Crippen LogP contribution in [-0.4, -0.2) is 11.7 Å². The monoisotopic (exact) mass is 368 g/mol. The highest BCUT2D eigenvalue weighted by atomic mass is 35.5. The summed E-state index contributed by atoms with van der Waals surface area (Å²) in [5, 5.41) is 15.2. The second-order valence-electron chi connectivity index (χ2n) is 5.72. The van der Waals surface area contributed by atoms with E-state index in [1.807, 2.05) is 0 Å². The number of nitrogens with zero attached hydrogens (tertiary/aromatic N) is 1. The van der Waals surface area contributed by atoms with Gasteiger partial charge in [-0.15, -0.1) is 11.3 Å². The number of carbonyl (C=O) groups is 1. The van der Waals surface area contributed by atoms with Crippen LogP contribution in [0.5, 0.6) is 0 Å². The van der Waals surface area contributed by atoms with Crippen LogP contribution in [-0.2, 0) is 4.74 Å². The summed E-state index contributed by atoms with van der Waals surface area (Å²) in [5.41, 5.74) is 0.970. The first kappa shape index (κ1) is 17.6. The molecule has 0 fully saturated rings. The van der Waals surface area contributed by atoms with Crippen LogP contribution in [0.25, 0.3) is 11.1 Å². The molecule has 1 heterocycles. The summed E-state index contributed by atoms with van der Waals surface area (Å²) in [4.78, 5) is 11.9. The highest BCUT2D eigenvalue weighted by Gasteiger charge is 2.21. The van der Waals surface area contributed by atoms with Crippen molar-refractivity contribution in [2.24, 2.45) is 0 Å². The van der Waals surface area contributed by atoms with Gasteiger partial charge in [-0.2, -0.15) is 5.26 Å². The average molecular weight is 369 g/mol. The summed E-state index contributed by atoms with van der Waals surface area (Å²) >= 11 is 13.4. The molecule has 0 bridgehead atoms. The third kappa shape index (κ3) is 4.38. The number of nitrogens with one attached hydrogen (secondary N) is 1. The Bertz CT molecular complexity index is 788. The zero-order chi connectivity index (χ0) is 17.2. The number of nitriles is 1. The van der Waals surface area contributed by atoms with E-state index in [4.69, 9.17) is 27.9 Å². The molecule has 23 heavy (non-hydrogen) atoms. The van der Waals surface area contributed by atoms with Gasteiger partial charge in [-0.1, -0.05) is 23.2 Å². The van der Waals surface area contributed by atoms with E-state index in [9.17, 15) is 10.1 Å². The Morgan fingerprint density at radius 2 is 2.00 bits per heavy atom. The summed E-state index contributed by atoms with van der Waals surface area (Å²) in [6.07, 6.45) is -0.611. The van der Waals surface area contributed by atoms with Crippen molar-refractivity contribution in [1.82, 2.24) is 0 Å². The van der Waals surface area contributed by atoms with E-state index in [0.717, 1.165) is 0 Å². The van der Waals surface area contributed by atoms with Gasteiger partial charge in [0.05, 0.1) is 5.56 Å². The third-order valence-corrected chi connectivity index (χ3v) is 4.20. The highest BCUT2D eigenvalue weighted by Crippen LogP contribution is 2.39. The van der Waals surface area contributed by atoms with Crippen molar-refractivity contribution in [1.29, 1.82) is 5.26 Å². The van der Waals surface area contributed by atoms with Gasteiger partial charge in [0.1, 0.15) is 16.7 Å². The first-order valence-electron chi connectivity index (χ1n) is 6.68. The third-order valence-electron chi connectivity index (χ3n) is 2.74. The van der Waals surface area contributed by atoms with Crippen molar-refractivity contribution >= 4 is 45.6 Å². The van der Waals surface area contributed by atoms with Gasteiger partial charge in [0.25, 0.3) is 0 Å². The number of halogens is 2. The van der Waals surface area contributed by atoms with Crippen LogP contribution in [0.2, 0.25) is 10.0 Å². The topological polar surface area (TPSA) is 62.1 Å². The fourth-order valence-electron chi connectivity index (χ4n) is 1.86. The molecule has 4 nitrogen and oxygen atoms in total. The highest BCUT2D eigenvalue weighted by molar-refractivity contribution is 7.15. The lowest BCUT2D eigenvalue weighted by atomic mass is 10.0. The van der Waals surface area contributed by atoms with Crippen LogP contribution < -0.4 is 5.32 Å². The molecule has 0 aliphatic heterocycles. The molecule has 2 aromatic rings. The predicted molar refractivity (Wildman–Crippen MR) is 94.3 cm³/mol. The Hall–Kier alpha value is -1.74. The van der Waals surface area contributed by atoms with E-state index in [1.165, 1.54) is 11.3 Å². The number of thiophene rings is 1. The summed E-state index contributed by atoms with van der Waals surface area (Å²) < 4.78 is 5.20. The molecule has 2 rings (SSSR count). The van der Waals surface area contributed by atoms with E-state index >= 15 is 0 Å². The van der Waals surface area contributed by atoms with Gasteiger partial charge in [-0.3, -0.25) is 5.32 Å². The number of hydrogen-bond donors (Lipinski definition) is 1. The first-order chi connectivity index (χ1) is 10.7. The van der Waals surface area contributed by atoms with Crippen LogP contribution in [0.1, 0.15) is 26.3 Å². The molecule has 0 saturated carbocycles. The molecule has 0 unspecified atom stereocenters. The molecule has 0 atom stereocenters. The smallest absolute Gasteiger partial charge is 0.412 e. The van der Waals surface area contributed by atoms with Crippen molar-refractivity contribution in [3.8, 4) is 17.2 Å². The summed E-state index contributed by atoms with van der Waals surface area (Å²) in [6, 6.07) is 7.12. The van der Waals surface area contributed by atoms with E-state index in [1.54, 1.807) is 44.4 Å². The summed E-state index contributed by atoms with van der Waals surface area (Å²) in [5.74, 6) is 0. The van der Waals surface area contributed by atoms with Crippen LogP contribution in [0.15, 0.2) is 23.6 Å². The zero-order valence-electron chi connectivity index (χ0n) is 12.7. The Morgan fingerprint density at radius 3 is 2.61 bits per heavy atom. The minimum Gasteiger partial charge on any atom is -0.444 e. The zero-order valence-corrected chi connectivity index (χ0v) is 15.1. The Balaban J connectivity index is 2.36. The molecule has 120 valence electrons. The number of hydrogen-bond acceptors (Lipinski definition) is 4. The van der Waals surface area contributed by atoms with Gasteiger partial charge in [0.15, 0.2) is 0 Å². The lowest BCUT2D eigenvalue weighted by Crippen LogP contribution is -2.27. The quantitative estimate of drug-likeness (QED) is 0.712. The Morgan fingerprint density at radius 1 is 1.30 bits per heavy atom. The van der Waals surface area contributed by atoms with Crippen LogP contribution in [0.4, 0.5) is 9.80 Å². The van der Waals surface area contributed by atoms with E-state index in [-0.39, 0.29) is 0 Å². The molecule has 0 radical (unpaired) electrons. The standard InChI is InChI=1S/C16H14Cl2N2O2S/c1-16(2,3)22-15(21)20-14-11(7-19)12(8-23-14)10-6-9(17)4-5-13(10)18/h4-6,8H,1-3H3,(H,20,21). The lowest BCUT2D eigenvalue weighted by Gasteiger charge is -2.19. The predicted octanol–water partition coefficient (Wildman–Crippen LogP) is 5.94. The SMILES string of the molecule is CC(C)(C)OC(=O)Nc1scc(-c2cc(Cl)ccc2Cl)c1C#N. The fourth-order valence-corrected chi connectivity index (χ4v) is 3.15. The summed E-state index contributed by atoms with van der Waals surface area (Å²) in [6.45, 7) is 5.30. The molecule has 1 amide bonds. The molecule has 1 aromatic heterocycles. The van der Waals surface area contributed by atoms with Gasteiger partial charge in [-0.05, 0) is 39.0 Å². The van der Waals surface area contributed by atoms with E-state index in [2.05, 4.69) is 11.4 Å². The van der Waals surface area contributed by atoms with E-state index in [0.29, 0.717) is 31.7 Å². The van der Waals surface area contributed by atoms with Gasteiger partial charge < -0.3 is 4.74 Å².